The molecule has 0 saturated carbocycles. The Hall–Kier alpha value is -5.23. The molecule has 0 spiro atoms. The maximum atomic E-state index is 14.6. The average molecular weight is 632 g/mol. The Labute approximate surface area is 265 Å². The zero-order chi connectivity index (χ0) is 31.7. The molecule has 4 N–H and O–H groups in total. The number of H-pyrrole nitrogens is 2. The van der Waals surface area contributed by atoms with E-state index >= 15 is 0 Å². The monoisotopic (exact) mass is 631 g/mol. The van der Waals surface area contributed by atoms with Gasteiger partial charge in [-0.15, -0.1) is 0 Å². The molecule has 0 saturated heterocycles. The maximum absolute atomic E-state index is 14.6. The van der Waals surface area contributed by atoms with Crippen LogP contribution in [0.15, 0.2) is 104 Å². The standard InChI is InChI=1S/C35H30FN7O2S/c1-46(44,45)40-20-23-11-26(14-28(36)13-23)29-9-10-39-35-30(29)16-33(41-35)34-31-15-25(7-8-32(31)42-43-34)27-12-24(19-38-21-27)18-37-17-22-5-3-2-4-6-22/h2-16,19,21,37,40H,17-18,20H2,1H3,(H,39,41)(H,42,43). The van der Waals surface area contributed by atoms with Crippen molar-refractivity contribution in [1.29, 1.82) is 0 Å². The molecular weight excluding hydrogens is 601 g/mol. The number of halogens is 1. The van der Waals surface area contributed by atoms with Gasteiger partial charge in [0.25, 0.3) is 0 Å². The molecule has 4 heterocycles. The first-order valence-electron chi connectivity index (χ1n) is 14.7. The van der Waals surface area contributed by atoms with E-state index in [0.29, 0.717) is 23.3 Å². The number of benzene rings is 3. The fourth-order valence-corrected chi connectivity index (χ4v) is 6.05. The lowest BCUT2D eigenvalue weighted by molar-refractivity contribution is 0.586. The first-order chi connectivity index (χ1) is 22.3. The van der Waals surface area contributed by atoms with E-state index in [4.69, 9.17) is 0 Å². The fourth-order valence-electron chi connectivity index (χ4n) is 5.62. The van der Waals surface area contributed by atoms with Crippen LogP contribution < -0.4 is 10.0 Å². The van der Waals surface area contributed by atoms with Crippen LogP contribution in [0.2, 0.25) is 0 Å². The number of aromatic amines is 2. The van der Waals surface area contributed by atoms with E-state index in [0.717, 1.165) is 62.7 Å². The minimum absolute atomic E-state index is 0.0135. The maximum Gasteiger partial charge on any atom is 0.209 e. The molecular formula is C35H30FN7O2S. The molecule has 0 unspecified atom stereocenters. The Morgan fingerprint density at radius 2 is 1.61 bits per heavy atom. The number of hydrogen-bond acceptors (Lipinski definition) is 6. The molecule has 4 aromatic heterocycles. The van der Waals surface area contributed by atoms with Gasteiger partial charge in [-0.3, -0.25) is 10.1 Å². The van der Waals surface area contributed by atoms with Gasteiger partial charge in [0, 0.05) is 54.6 Å². The predicted molar refractivity (Wildman–Crippen MR) is 178 cm³/mol. The van der Waals surface area contributed by atoms with Crippen LogP contribution in [0.3, 0.4) is 0 Å². The van der Waals surface area contributed by atoms with Crippen molar-refractivity contribution in [3.8, 4) is 33.6 Å². The van der Waals surface area contributed by atoms with Crippen LogP contribution in [-0.2, 0) is 29.7 Å². The van der Waals surface area contributed by atoms with E-state index in [1.807, 2.05) is 54.9 Å². The van der Waals surface area contributed by atoms with E-state index in [1.165, 1.54) is 17.7 Å². The van der Waals surface area contributed by atoms with Crippen LogP contribution in [0.1, 0.15) is 16.7 Å². The lowest BCUT2D eigenvalue weighted by Crippen LogP contribution is -2.21. The third-order valence-corrected chi connectivity index (χ3v) is 8.45. The highest BCUT2D eigenvalue weighted by molar-refractivity contribution is 7.88. The Kier molecular flexibility index (Phi) is 7.87. The van der Waals surface area contributed by atoms with Crippen LogP contribution >= 0.6 is 0 Å². The molecule has 0 bridgehead atoms. The third-order valence-electron chi connectivity index (χ3n) is 7.79. The third kappa shape index (κ3) is 6.43. The Balaban J connectivity index is 1.19. The summed E-state index contributed by atoms with van der Waals surface area (Å²) in [4.78, 5) is 12.4. The number of pyridine rings is 2. The largest absolute Gasteiger partial charge is 0.338 e. The normalized spacial score (nSPS) is 11.9. The molecule has 9 nitrogen and oxygen atoms in total. The van der Waals surface area contributed by atoms with E-state index in [2.05, 4.69) is 59.5 Å². The molecule has 0 radical (unpaired) electrons. The van der Waals surface area contributed by atoms with Gasteiger partial charge in [0.2, 0.25) is 10.0 Å². The Morgan fingerprint density at radius 3 is 2.46 bits per heavy atom. The summed E-state index contributed by atoms with van der Waals surface area (Å²) in [5.74, 6) is -0.458. The Morgan fingerprint density at radius 1 is 0.783 bits per heavy atom. The minimum Gasteiger partial charge on any atom is -0.338 e. The summed E-state index contributed by atoms with van der Waals surface area (Å²) in [6.07, 6.45) is 6.47. The highest BCUT2D eigenvalue weighted by Crippen LogP contribution is 2.35. The smallest absolute Gasteiger partial charge is 0.209 e. The zero-order valence-corrected chi connectivity index (χ0v) is 25.7. The average Bonchev–Trinajstić information content (AvgIpc) is 3.68. The second-order valence-corrected chi connectivity index (χ2v) is 13.1. The molecule has 7 rings (SSSR count). The van der Waals surface area contributed by atoms with Gasteiger partial charge in [0.05, 0.1) is 17.5 Å². The SMILES string of the molecule is CS(=O)(=O)NCc1cc(F)cc(-c2ccnc3[nH]c(-c4n[nH]c5ccc(-c6cncc(CNCc7ccccc7)c6)cc45)cc23)c1. The van der Waals surface area contributed by atoms with Crippen molar-refractivity contribution in [3.05, 3.63) is 126 Å². The quantitative estimate of drug-likeness (QED) is 0.140. The lowest BCUT2D eigenvalue weighted by atomic mass is 10.0. The van der Waals surface area contributed by atoms with Gasteiger partial charge >= 0.3 is 0 Å². The van der Waals surface area contributed by atoms with Crippen molar-refractivity contribution in [2.75, 3.05) is 6.26 Å². The van der Waals surface area contributed by atoms with Crippen molar-refractivity contribution in [3.63, 3.8) is 0 Å². The van der Waals surface area contributed by atoms with E-state index in [1.54, 1.807) is 12.3 Å². The van der Waals surface area contributed by atoms with E-state index < -0.39 is 15.8 Å². The van der Waals surface area contributed by atoms with Gasteiger partial charge < -0.3 is 10.3 Å². The zero-order valence-electron chi connectivity index (χ0n) is 24.9. The summed E-state index contributed by atoms with van der Waals surface area (Å²) in [5, 5.41) is 13.0. The Bertz CT molecular complexity index is 2300. The highest BCUT2D eigenvalue weighted by atomic mass is 32.2. The van der Waals surface area contributed by atoms with Crippen LogP contribution in [-0.4, -0.2) is 39.8 Å². The van der Waals surface area contributed by atoms with Crippen molar-refractivity contribution in [2.24, 2.45) is 0 Å². The predicted octanol–water partition coefficient (Wildman–Crippen LogP) is 6.31. The molecule has 0 aliphatic heterocycles. The van der Waals surface area contributed by atoms with E-state index in [9.17, 15) is 12.8 Å². The van der Waals surface area contributed by atoms with E-state index in [-0.39, 0.29) is 6.54 Å². The first kappa shape index (κ1) is 29.5. The molecule has 0 aliphatic rings. The van der Waals surface area contributed by atoms with Crippen molar-refractivity contribution in [1.82, 2.24) is 35.2 Å². The molecule has 230 valence electrons. The second-order valence-electron chi connectivity index (χ2n) is 11.2. The van der Waals surface area contributed by atoms with Gasteiger partial charge in [-0.05, 0) is 81.9 Å². The molecule has 0 fully saturated rings. The molecule has 0 aliphatic carbocycles. The summed E-state index contributed by atoms with van der Waals surface area (Å²) in [6, 6.07) is 26.9. The topological polar surface area (TPSA) is 128 Å². The van der Waals surface area contributed by atoms with Gasteiger partial charge in [-0.25, -0.2) is 22.5 Å². The summed E-state index contributed by atoms with van der Waals surface area (Å²) in [5.41, 5.74) is 9.20. The number of nitrogens with one attached hydrogen (secondary N) is 4. The number of sulfonamides is 1. The number of aromatic nitrogens is 5. The molecule has 7 aromatic rings. The summed E-state index contributed by atoms with van der Waals surface area (Å²) in [7, 11) is -3.43. The van der Waals surface area contributed by atoms with Crippen LogP contribution in [0.25, 0.3) is 55.6 Å². The number of fused-ring (bicyclic) bond motifs is 2. The fraction of sp³-hybridized carbons (Fsp3) is 0.114. The molecule has 0 atom stereocenters. The number of rotatable bonds is 10. The molecule has 0 amide bonds. The molecule has 46 heavy (non-hydrogen) atoms. The van der Waals surface area contributed by atoms with Gasteiger partial charge in [-0.1, -0.05) is 36.4 Å². The van der Waals surface area contributed by atoms with Crippen LogP contribution in [0.5, 0.6) is 0 Å². The van der Waals surface area contributed by atoms with Gasteiger partial charge in [0.15, 0.2) is 0 Å². The van der Waals surface area contributed by atoms with Crippen molar-refractivity contribution < 1.29 is 12.8 Å². The first-order valence-corrected chi connectivity index (χ1v) is 16.6. The highest BCUT2D eigenvalue weighted by Gasteiger charge is 2.16. The van der Waals surface area contributed by atoms with Gasteiger partial charge in [0.1, 0.15) is 17.2 Å². The molecule has 11 heteroatoms. The van der Waals surface area contributed by atoms with Crippen molar-refractivity contribution >= 4 is 32.0 Å². The minimum atomic E-state index is -3.43. The van der Waals surface area contributed by atoms with Crippen LogP contribution in [0, 0.1) is 5.82 Å². The lowest BCUT2D eigenvalue weighted by Gasteiger charge is -2.08. The van der Waals surface area contributed by atoms with Gasteiger partial charge in [-0.2, -0.15) is 5.10 Å². The number of hydrogen-bond donors (Lipinski definition) is 4. The van der Waals surface area contributed by atoms with Crippen LogP contribution in [0.4, 0.5) is 4.39 Å². The molecule has 3 aromatic carbocycles. The summed E-state index contributed by atoms with van der Waals surface area (Å²) in [6.45, 7) is 1.46. The second kappa shape index (κ2) is 12.3. The summed E-state index contributed by atoms with van der Waals surface area (Å²) < 4.78 is 40.3. The van der Waals surface area contributed by atoms with Crippen molar-refractivity contribution in [2.45, 2.75) is 19.6 Å². The summed E-state index contributed by atoms with van der Waals surface area (Å²) >= 11 is 0. The number of nitrogens with zero attached hydrogens (tertiary/aromatic N) is 3.